The van der Waals surface area contributed by atoms with Crippen molar-refractivity contribution >= 4 is 0 Å². The van der Waals surface area contributed by atoms with Gasteiger partial charge in [0.05, 0.1) is 14.2 Å². The molecule has 22 heavy (non-hydrogen) atoms. The Morgan fingerprint density at radius 1 is 1.18 bits per heavy atom. The second kappa shape index (κ2) is 7.01. The van der Waals surface area contributed by atoms with Gasteiger partial charge < -0.3 is 14.8 Å². The fourth-order valence-corrected chi connectivity index (χ4v) is 3.43. The molecule has 0 saturated heterocycles. The fourth-order valence-electron chi connectivity index (χ4n) is 3.43. The summed E-state index contributed by atoms with van der Waals surface area (Å²) < 4.78 is 11.0. The molecule has 3 rings (SSSR count). The molecule has 2 aliphatic rings. The zero-order chi connectivity index (χ0) is 15.4. The monoisotopic (exact) mass is 299 g/mol. The highest BCUT2D eigenvalue weighted by molar-refractivity contribution is 5.52. The maximum atomic E-state index is 5.56. The molecule has 0 aromatic heterocycles. The van der Waals surface area contributed by atoms with Gasteiger partial charge in [-0.25, -0.2) is 0 Å². The minimum absolute atomic E-state index is 0.553. The van der Waals surface area contributed by atoms with Gasteiger partial charge in [-0.15, -0.1) is 0 Å². The number of hydrogen-bond acceptors (Lipinski definition) is 3. The van der Waals surface area contributed by atoms with E-state index >= 15 is 0 Å². The highest BCUT2D eigenvalue weighted by Gasteiger charge is 2.23. The largest absolute Gasteiger partial charge is 0.493 e. The molecule has 3 heteroatoms. The summed E-state index contributed by atoms with van der Waals surface area (Å²) in [6.07, 6.45) is 12.3. The van der Waals surface area contributed by atoms with Gasteiger partial charge in [0.15, 0.2) is 11.5 Å². The minimum Gasteiger partial charge on any atom is -0.493 e. The van der Waals surface area contributed by atoms with Crippen LogP contribution in [0, 0.1) is 0 Å². The summed E-state index contributed by atoms with van der Waals surface area (Å²) >= 11 is 0. The van der Waals surface area contributed by atoms with E-state index in [1.54, 1.807) is 14.2 Å². The van der Waals surface area contributed by atoms with E-state index in [1.807, 2.05) is 6.07 Å². The van der Waals surface area contributed by atoms with Crippen molar-refractivity contribution in [3.63, 3.8) is 0 Å². The molecule has 0 aliphatic heterocycles. The maximum Gasteiger partial charge on any atom is 0.164 e. The van der Waals surface area contributed by atoms with Crippen molar-refractivity contribution in [3.8, 4) is 11.5 Å². The summed E-state index contributed by atoms with van der Waals surface area (Å²) in [6.45, 7) is 1.01. The molecule has 0 amide bonds. The van der Waals surface area contributed by atoms with Crippen LogP contribution < -0.4 is 14.8 Å². The predicted octanol–water partition coefficient (Wildman–Crippen LogP) is 3.43. The zero-order valence-corrected chi connectivity index (χ0v) is 13.5. The van der Waals surface area contributed by atoms with Crippen molar-refractivity contribution in [1.29, 1.82) is 0 Å². The van der Waals surface area contributed by atoms with Crippen molar-refractivity contribution in [1.82, 2.24) is 5.32 Å². The Labute approximate surface area is 133 Å². The van der Waals surface area contributed by atoms with Gasteiger partial charge in [-0.2, -0.15) is 0 Å². The molecule has 0 unspecified atom stereocenters. The second-order valence-electron chi connectivity index (χ2n) is 6.05. The summed E-state index contributed by atoms with van der Waals surface area (Å²) in [5.41, 5.74) is 4.22. The average Bonchev–Trinajstić information content (AvgIpc) is 2.59. The third-order valence-corrected chi connectivity index (χ3v) is 4.67. The highest BCUT2D eigenvalue weighted by Crippen LogP contribution is 2.37. The summed E-state index contributed by atoms with van der Waals surface area (Å²) in [4.78, 5) is 0. The summed E-state index contributed by atoms with van der Waals surface area (Å²) in [5.74, 6) is 1.75. The molecule has 1 N–H and O–H groups in total. The molecule has 2 aliphatic carbocycles. The zero-order valence-electron chi connectivity index (χ0n) is 13.5. The van der Waals surface area contributed by atoms with E-state index in [1.165, 1.54) is 29.5 Å². The number of nitrogens with one attached hydrogen (secondary N) is 1. The van der Waals surface area contributed by atoms with E-state index in [4.69, 9.17) is 9.47 Å². The molecule has 1 atom stereocenters. The Kier molecular flexibility index (Phi) is 4.84. The molecular weight excluding hydrogens is 274 g/mol. The van der Waals surface area contributed by atoms with E-state index in [9.17, 15) is 0 Å². The van der Waals surface area contributed by atoms with Crippen LogP contribution in [0.15, 0.2) is 35.9 Å². The maximum absolute atomic E-state index is 5.56. The number of benzene rings is 1. The van der Waals surface area contributed by atoms with Gasteiger partial charge in [0.2, 0.25) is 0 Å². The standard InChI is InChI=1S/C19H25NO2/c1-21-18-11-8-15-12-16(9-10-17(15)19(18)22-2)20-13-14-6-4-3-5-7-14/h3-4,6,8,11,16,20H,5,7,9-10,12-13H2,1-2H3/t16-/m0/s1. The molecule has 1 aromatic rings. The van der Waals surface area contributed by atoms with Crippen molar-refractivity contribution in [3.05, 3.63) is 47.1 Å². The van der Waals surface area contributed by atoms with Gasteiger partial charge in [0.25, 0.3) is 0 Å². The molecule has 0 heterocycles. The van der Waals surface area contributed by atoms with E-state index in [0.717, 1.165) is 37.3 Å². The summed E-state index contributed by atoms with van der Waals surface area (Å²) in [6, 6.07) is 4.76. The summed E-state index contributed by atoms with van der Waals surface area (Å²) in [5, 5.41) is 3.72. The second-order valence-corrected chi connectivity index (χ2v) is 6.05. The van der Waals surface area contributed by atoms with Crippen LogP contribution in [0.25, 0.3) is 0 Å². The molecule has 118 valence electrons. The lowest BCUT2D eigenvalue weighted by Crippen LogP contribution is -2.36. The predicted molar refractivity (Wildman–Crippen MR) is 89.8 cm³/mol. The van der Waals surface area contributed by atoms with Crippen LogP contribution in [0.3, 0.4) is 0 Å². The Balaban J connectivity index is 1.66. The summed E-state index contributed by atoms with van der Waals surface area (Å²) in [7, 11) is 3.43. The van der Waals surface area contributed by atoms with Crippen LogP contribution in [0.5, 0.6) is 11.5 Å². The lowest BCUT2D eigenvalue weighted by atomic mass is 9.87. The number of fused-ring (bicyclic) bond motifs is 1. The number of hydrogen-bond donors (Lipinski definition) is 1. The van der Waals surface area contributed by atoms with Crippen molar-refractivity contribution < 1.29 is 9.47 Å². The SMILES string of the molecule is COc1ccc2c(c1OC)CC[C@H](NCC1=CC=CCC1)C2. The molecule has 1 aromatic carbocycles. The third-order valence-electron chi connectivity index (χ3n) is 4.67. The van der Waals surface area contributed by atoms with Gasteiger partial charge in [0.1, 0.15) is 0 Å². The number of allylic oxidation sites excluding steroid dienone is 3. The Morgan fingerprint density at radius 3 is 2.82 bits per heavy atom. The van der Waals surface area contributed by atoms with Crippen molar-refractivity contribution in [2.24, 2.45) is 0 Å². The van der Waals surface area contributed by atoms with Gasteiger partial charge in [-0.1, -0.05) is 29.9 Å². The van der Waals surface area contributed by atoms with Crippen LogP contribution in [-0.2, 0) is 12.8 Å². The van der Waals surface area contributed by atoms with Gasteiger partial charge in [-0.05, 0) is 43.7 Å². The smallest absolute Gasteiger partial charge is 0.164 e. The molecule has 0 saturated carbocycles. The van der Waals surface area contributed by atoms with E-state index in [-0.39, 0.29) is 0 Å². The van der Waals surface area contributed by atoms with E-state index < -0.39 is 0 Å². The van der Waals surface area contributed by atoms with Crippen LogP contribution in [0.2, 0.25) is 0 Å². The molecule has 3 nitrogen and oxygen atoms in total. The first kappa shape index (κ1) is 15.2. The molecule has 0 spiro atoms. The lowest BCUT2D eigenvalue weighted by Gasteiger charge is -2.28. The lowest BCUT2D eigenvalue weighted by molar-refractivity contribution is 0.347. The Hall–Kier alpha value is -1.74. The minimum atomic E-state index is 0.553. The fraction of sp³-hybridized carbons (Fsp3) is 0.474. The highest BCUT2D eigenvalue weighted by atomic mass is 16.5. The van der Waals surface area contributed by atoms with E-state index in [0.29, 0.717) is 6.04 Å². The molecule has 0 radical (unpaired) electrons. The van der Waals surface area contributed by atoms with Crippen LogP contribution in [-0.4, -0.2) is 26.8 Å². The third kappa shape index (κ3) is 3.20. The average molecular weight is 299 g/mol. The van der Waals surface area contributed by atoms with Crippen molar-refractivity contribution in [2.75, 3.05) is 20.8 Å². The number of ether oxygens (including phenoxy) is 2. The first-order chi connectivity index (χ1) is 10.8. The van der Waals surface area contributed by atoms with E-state index in [2.05, 4.69) is 29.6 Å². The van der Waals surface area contributed by atoms with Crippen LogP contribution in [0.4, 0.5) is 0 Å². The molecular formula is C19H25NO2. The van der Waals surface area contributed by atoms with Crippen LogP contribution in [0.1, 0.15) is 30.4 Å². The quantitative estimate of drug-likeness (QED) is 0.903. The Morgan fingerprint density at radius 2 is 2.09 bits per heavy atom. The Bertz CT molecular complexity index is 589. The van der Waals surface area contributed by atoms with Gasteiger partial charge in [-0.3, -0.25) is 0 Å². The number of methoxy groups -OCH3 is 2. The van der Waals surface area contributed by atoms with Gasteiger partial charge in [0, 0.05) is 18.2 Å². The van der Waals surface area contributed by atoms with Gasteiger partial charge >= 0.3 is 0 Å². The molecule has 0 fully saturated rings. The normalized spacial score (nSPS) is 20.3. The first-order valence-electron chi connectivity index (χ1n) is 8.12. The first-order valence-corrected chi connectivity index (χ1v) is 8.12. The van der Waals surface area contributed by atoms with Crippen LogP contribution >= 0.6 is 0 Å². The topological polar surface area (TPSA) is 30.5 Å². The van der Waals surface area contributed by atoms with Crippen molar-refractivity contribution in [2.45, 2.75) is 38.1 Å². The number of rotatable bonds is 5. The molecule has 0 bridgehead atoms.